The molecule has 7 heteroatoms. The summed E-state index contributed by atoms with van der Waals surface area (Å²) in [6, 6.07) is 12.0. The van der Waals surface area contributed by atoms with Gasteiger partial charge in [0, 0.05) is 18.5 Å². The normalized spacial score (nSPS) is 15.5. The highest BCUT2D eigenvalue weighted by molar-refractivity contribution is 8.26. The van der Waals surface area contributed by atoms with E-state index in [-0.39, 0.29) is 12.3 Å². The van der Waals surface area contributed by atoms with E-state index in [1.165, 1.54) is 11.8 Å². The number of unbranched alkanes of at least 4 members (excludes halogenated alkanes) is 2. The van der Waals surface area contributed by atoms with E-state index in [0.717, 1.165) is 34.9 Å². The number of rotatable bonds is 9. The molecule has 0 spiro atoms. The molecule has 0 saturated carbocycles. The lowest BCUT2D eigenvalue weighted by Crippen LogP contribution is -2.29. The molecule has 1 amide bonds. The average Bonchev–Trinajstić information content (AvgIpc) is 2.96. The largest absolute Gasteiger partial charge is 0.493 e. The lowest BCUT2D eigenvalue weighted by molar-refractivity contribution is -0.137. The fourth-order valence-corrected chi connectivity index (χ4v) is 4.54. The summed E-state index contributed by atoms with van der Waals surface area (Å²) >= 11 is 6.71. The number of carboxylic acid groups (broad SMARTS) is 1. The molecule has 3 rings (SSSR count). The molecule has 1 heterocycles. The van der Waals surface area contributed by atoms with Gasteiger partial charge in [-0.25, -0.2) is 0 Å². The average molecular weight is 430 g/mol. The van der Waals surface area contributed by atoms with E-state index in [1.54, 1.807) is 4.90 Å². The van der Waals surface area contributed by atoms with Crippen molar-refractivity contribution < 1.29 is 19.4 Å². The Balaban J connectivity index is 1.80. The number of thiocarbonyl (C=S) groups is 1. The zero-order valence-corrected chi connectivity index (χ0v) is 17.9. The minimum atomic E-state index is -0.793. The van der Waals surface area contributed by atoms with Crippen LogP contribution in [-0.2, 0) is 9.59 Å². The molecule has 0 aliphatic carbocycles. The molecule has 1 aliphatic heterocycles. The number of carbonyl (C=O) groups is 2. The smallest absolute Gasteiger partial charge is 0.303 e. The van der Waals surface area contributed by atoms with Crippen LogP contribution in [0.2, 0.25) is 0 Å². The number of amides is 1. The van der Waals surface area contributed by atoms with Gasteiger partial charge in [-0.1, -0.05) is 60.7 Å². The predicted octanol–water partition coefficient (Wildman–Crippen LogP) is 5.08. The number of nitrogens with zero attached hydrogens (tertiary/aromatic N) is 1. The number of hydrogen-bond acceptors (Lipinski definition) is 5. The van der Waals surface area contributed by atoms with Gasteiger partial charge in [0.25, 0.3) is 5.91 Å². The number of fused-ring (bicyclic) bond motifs is 1. The molecule has 1 saturated heterocycles. The van der Waals surface area contributed by atoms with Gasteiger partial charge in [-0.2, -0.15) is 0 Å². The van der Waals surface area contributed by atoms with Crippen molar-refractivity contribution in [3.05, 3.63) is 46.9 Å². The van der Waals surface area contributed by atoms with Gasteiger partial charge in [0.2, 0.25) is 0 Å². The van der Waals surface area contributed by atoms with Crippen molar-refractivity contribution in [2.45, 2.75) is 32.6 Å². The zero-order chi connectivity index (χ0) is 20.8. The van der Waals surface area contributed by atoms with Crippen LogP contribution in [0.1, 0.15) is 38.2 Å². The standard InChI is InChI=1S/C22H23NO4S2/c1-2-27-18-12-11-15-8-5-6-9-16(15)17(18)14-19-21(26)23(22(28)29-19)13-7-3-4-10-20(24)25/h5-6,8-9,11-12,14H,2-4,7,10,13H2,1H3,(H,24,25)/b19-14+. The van der Waals surface area contributed by atoms with E-state index in [4.69, 9.17) is 22.1 Å². The summed E-state index contributed by atoms with van der Waals surface area (Å²) in [5.74, 6) is -0.155. The number of thioether (sulfide) groups is 1. The fraction of sp³-hybridized carbons (Fsp3) is 0.318. The fourth-order valence-electron chi connectivity index (χ4n) is 3.25. The molecule has 2 aromatic carbocycles. The van der Waals surface area contributed by atoms with Gasteiger partial charge in [-0.15, -0.1) is 0 Å². The molecular formula is C22H23NO4S2. The van der Waals surface area contributed by atoms with Gasteiger partial charge in [-0.05, 0) is 42.7 Å². The number of hydrogen-bond donors (Lipinski definition) is 1. The van der Waals surface area contributed by atoms with Crippen molar-refractivity contribution >= 4 is 57.0 Å². The molecule has 0 aromatic heterocycles. The van der Waals surface area contributed by atoms with Gasteiger partial charge < -0.3 is 9.84 Å². The van der Waals surface area contributed by atoms with Gasteiger partial charge in [0.05, 0.1) is 11.5 Å². The third-order valence-electron chi connectivity index (χ3n) is 4.65. The summed E-state index contributed by atoms with van der Waals surface area (Å²) in [5.41, 5.74) is 0.881. The zero-order valence-electron chi connectivity index (χ0n) is 16.2. The number of benzene rings is 2. The molecule has 1 aliphatic rings. The van der Waals surface area contributed by atoms with Crippen LogP contribution in [-0.4, -0.2) is 39.4 Å². The summed E-state index contributed by atoms with van der Waals surface area (Å²) in [5, 5.41) is 10.8. The molecule has 29 heavy (non-hydrogen) atoms. The van der Waals surface area contributed by atoms with E-state index < -0.39 is 5.97 Å². The third kappa shape index (κ3) is 5.16. The van der Waals surface area contributed by atoms with Crippen molar-refractivity contribution in [3.8, 4) is 5.75 Å². The second kappa shape index (κ2) is 9.89. The molecule has 0 radical (unpaired) electrons. The summed E-state index contributed by atoms with van der Waals surface area (Å²) in [7, 11) is 0. The van der Waals surface area contributed by atoms with Crippen molar-refractivity contribution in [2.24, 2.45) is 0 Å². The van der Waals surface area contributed by atoms with Crippen LogP contribution in [0.4, 0.5) is 0 Å². The quantitative estimate of drug-likeness (QED) is 0.340. The maximum Gasteiger partial charge on any atom is 0.303 e. The monoisotopic (exact) mass is 429 g/mol. The van der Waals surface area contributed by atoms with E-state index in [9.17, 15) is 9.59 Å². The molecule has 152 valence electrons. The molecule has 0 unspecified atom stereocenters. The Morgan fingerprint density at radius 3 is 2.76 bits per heavy atom. The summed E-state index contributed by atoms with van der Waals surface area (Å²) < 4.78 is 6.34. The van der Waals surface area contributed by atoms with Crippen LogP contribution < -0.4 is 4.74 Å². The summed E-state index contributed by atoms with van der Waals surface area (Å²) in [6.07, 6.45) is 4.11. The molecular weight excluding hydrogens is 406 g/mol. The number of ether oxygens (including phenoxy) is 1. The van der Waals surface area contributed by atoms with Crippen molar-refractivity contribution in [3.63, 3.8) is 0 Å². The van der Waals surface area contributed by atoms with Crippen molar-refractivity contribution in [1.82, 2.24) is 4.90 Å². The van der Waals surface area contributed by atoms with Crippen LogP contribution in [0.25, 0.3) is 16.8 Å². The van der Waals surface area contributed by atoms with Crippen LogP contribution in [0.15, 0.2) is 41.3 Å². The first-order chi connectivity index (χ1) is 14.0. The highest BCUT2D eigenvalue weighted by Crippen LogP contribution is 2.37. The molecule has 0 bridgehead atoms. The predicted molar refractivity (Wildman–Crippen MR) is 121 cm³/mol. The van der Waals surface area contributed by atoms with Crippen LogP contribution in [0, 0.1) is 0 Å². The number of carboxylic acids is 1. The van der Waals surface area contributed by atoms with E-state index >= 15 is 0 Å². The molecule has 5 nitrogen and oxygen atoms in total. The first kappa shape index (κ1) is 21.3. The summed E-state index contributed by atoms with van der Waals surface area (Å²) in [6.45, 7) is 2.98. The van der Waals surface area contributed by atoms with E-state index in [1.807, 2.05) is 49.4 Å². The Morgan fingerprint density at radius 2 is 2.00 bits per heavy atom. The summed E-state index contributed by atoms with van der Waals surface area (Å²) in [4.78, 5) is 25.7. The number of carbonyl (C=O) groups excluding carboxylic acids is 1. The van der Waals surface area contributed by atoms with Crippen LogP contribution >= 0.6 is 24.0 Å². The minimum Gasteiger partial charge on any atom is -0.493 e. The van der Waals surface area contributed by atoms with Gasteiger partial charge in [0.15, 0.2) is 0 Å². The second-order valence-electron chi connectivity index (χ2n) is 6.67. The highest BCUT2D eigenvalue weighted by Gasteiger charge is 2.31. The van der Waals surface area contributed by atoms with Crippen molar-refractivity contribution in [1.29, 1.82) is 0 Å². The first-order valence-corrected chi connectivity index (χ1v) is 10.9. The lowest BCUT2D eigenvalue weighted by atomic mass is 10.0. The van der Waals surface area contributed by atoms with Gasteiger partial charge >= 0.3 is 5.97 Å². The number of aliphatic carboxylic acids is 1. The van der Waals surface area contributed by atoms with Gasteiger partial charge in [0.1, 0.15) is 10.1 Å². The highest BCUT2D eigenvalue weighted by atomic mass is 32.2. The second-order valence-corrected chi connectivity index (χ2v) is 8.35. The SMILES string of the molecule is CCOc1ccc2ccccc2c1/C=C1/SC(=S)N(CCCCCC(=O)O)C1=O. The van der Waals surface area contributed by atoms with E-state index in [0.29, 0.717) is 28.8 Å². The van der Waals surface area contributed by atoms with Crippen molar-refractivity contribution in [2.75, 3.05) is 13.2 Å². The molecule has 1 fully saturated rings. The first-order valence-electron chi connectivity index (χ1n) is 9.63. The maximum atomic E-state index is 12.9. The lowest BCUT2D eigenvalue weighted by Gasteiger charge is -2.14. The third-order valence-corrected chi connectivity index (χ3v) is 6.03. The Bertz CT molecular complexity index is 970. The molecule has 2 aromatic rings. The topological polar surface area (TPSA) is 66.8 Å². The van der Waals surface area contributed by atoms with Crippen LogP contribution in [0.3, 0.4) is 0 Å². The van der Waals surface area contributed by atoms with Gasteiger partial charge in [-0.3, -0.25) is 14.5 Å². The van der Waals surface area contributed by atoms with Crippen LogP contribution in [0.5, 0.6) is 5.75 Å². The molecule has 1 N–H and O–H groups in total. The Kier molecular flexibility index (Phi) is 7.28. The Morgan fingerprint density at radius 1 is 1.21 bits per heavy atom. The van der Waals surface area contributed by atoms with E-state index in [2.05, 4.69) is 0 Å². The Hall–Kier alpha value is -2.38. The Labute approximate surface area is 179 Å². The molecule has 0 atom stereocenters. The minimum absolute atomic E-state index is 0.103. The maximum absolute atomic E-state index is 12.9.